The van der Waals surface area contributed by atoms with Gasteiger partial charge in [-0.15, -0.1) is 0 Å². The van der Waals surface area contributed by atoms with Crippen LogP contribution in [0.25, 0.3) is 0 Å². The largest absolute Gasteiger partial charge is 0.392 e. The van der Waals surface area contributed by atoms with E-state index in [1.807, 2.05) is 0 Å². The Balaban J connectivity index is 2.34. The molecule has 1 saturated carbocycles. The van der Waals surface area contributed by atoms with Gasteiger partial charge in [0, 0.05) is 18.2 Å². The van der Waals surface area contributed by atoms with E-state index in [1.165, 1.54) is 6.07 Å². The Bertz CT molecular complexity index is 363. The molecule has 1 fully saturated rings. The highest BCUT2D eigenvalue weighted by Crippen LogP contribution is 2.35. The smallest absolute Gasteiger partial charge is 0.146 e. The first-order chi connectivity index (χ1) is 7.77. The predicted octanol–water partition coefficient (Wildman–Crippen LogP) is 2.70. The van der Waals surface area contributed by atoms with Crippen molar-refractivity contribution in [2.45, 2.75) is 38.8 Å². The molecule has 0 spiro atoms. The molecule has 0 aromatic heterocycles. The molecule has 0 atom stereocenters. The van der Waals surface area contributed by atoms with Crippen LogP contribution in [0.5, 0.6) is 0 Å². The molecule has 0 unspecified atom stereocenters. The average Bonchev–Trinajstić information content (AvgIpc) is 3.10. The molecule has 0 aliphatic heterocycles. The van der Waals surface area contributed by atoms with Gasteiger partial charge in [0.2, 0.25) is 0 Å². The van der Waals surface area contributed by atoms with Crippen molar-refractivity contribution >= 4 is 5.69 Å². The summed E-state index contributed by atoms with van der Waals surface area (Å²) in [7, 11) is 0. The molecule has 2 rings (SSSR count). The van der Waals surface area contributed by atoms with E-state index < -0.39 is 0 Å². The van der Waals surface area contributed by atoms with Crippen molar-refractivity contribution in [2.75, 3.05) is 11.4 Å². The van der Waals surface area contributed by atoms with Crippen LogP contribution in [-0.2, 0) is 6.61 Å². The summed E-state index contributed by atoms with van der Waals surface area (Å²) in [5.41, 5.74) is 1.30. The highest BCUT2D eigenvalue weighted by atomic mass is 19.1. The van der Waals surface area contributed by atoms with Crippen LogP contribution in [0.15, 0.2) is 18.2 Å². The SMILES string of the molecule is CCCN(c1c(F)cccc1CO)C1CC1. The number of hydrogen-bond donors (Lipinski definition) is 1. The Kier molecular flexibility index (Phi) is 3.44. The van der Waals surface area contributed by atoms with Crippen molar-refractivity contribution < 1.29 is 9.50 Å². The van der Waals surface area contributed by atoms with Gasteiger partial charge in [0.05, 0.1) is 12.3 Å². The number of para-hydroxylation sites is 1. The molecule has 1 aromatic carbocycles. The molecule has 0 bridgehead atoms. The maximum atomic E-state index is 13.8. The topological polar surface area (TPSA) is 23.5 Å². The van der Waals surface area contributed by atoms with Crippen LogP contribution < -0.4 is 4.90 Å². The van der Waals surface area contributed by atoms with E-state index in [1.54, 1.807) is 12.1 Å². The Hall–Kier alpha value is -1.09. The van der Waals surface area contributed by atoms with E-state index in [0.717, 1.165) is 25.8 Å². The Morgan fingerprint density at radius 3 is 2.75 bits per heavy atom. The second-order valence-corrected chi connectivity index (χ2v) is 4.33. The minimum absolute atomic E-state index is 0.0972. The van der Waals surface area contributed by atoms with Gasteiger partial charge < -0.3 is 10.0 Å². The second kappa shape index (κ2) is 4.83. The maximum absolute atomic E-state index is 13.8. The van der Waals surface area contributed by atoms with E-state index in [2.05, 4.69) is 11.8 Å². The average molecular weight is 223 g/mol. The minimum atomic E-state index is -0.216. The fourth-order valence-electron chi connectivity index (χ4n) is 2.11. The van der Waals surface area contributed by atoms with Crippen LogP contribution >= 0.6 is 0 Å². The molecule has 3 heteroatoms. The third kappa shape index (κ3) is 2.19. The summed E-state index contributed by atoms with van der Waals surface area (Å²) in [6, 6.07) is 5.40. The summed E-state index contributed by atoms with van der Waals surface area (Å²) in [6.45, 7) is 2.85. The number of anilines is 1. The van der Waals surface area contributed by atoms with Crippen LogP contribution in [0.3, 0.4) is 0 Å². The van der Waals surface area contributed by atoms with Gasteiger partial charge in [-0.25, -0.2) is 4.39 Å². The first-order valence-corrected chi connectivity index (χ1v) is 5.92. The third-order valence-corrected chi connectivity index (χ3v) is 2.98. The minimum Gasteiger partial charge on any atom is -0.392 e. The van der Waals surface area contributed by atoms with Gasteiger partial charge in [0.25, 0.3) is 0 Å². The lowest BCUT2D eigenvalue weighted by atomic mass is 10.1. The lowest BCUT2D eigenvalue weighted by Crippen LogP contribution is -2.28. The zero-order chi connectivity index (χ0) is 11.5. The summed E-state index contributed by atoms with van der Waals surface area (Å²) in [6.07, 6.45) is 3.27. The predicted molar refractivity (Wildman–Crippen MR) is 63.0 cm³/mol. The molecule has 2 nitrogen and oxygen atoms in total. The summed E-state index contributed by atoms with van der Waals surface area (Å²) in [5.74, 6) is -0.216. The quantitative estimate of drug-likeness (QED) is 0.829. The number of hydrogen-bond acceptors (Lipinski definition) is 2. The normalized spacial score (nSPS) is 15.2. The van der Waals surface area contributed by atoms with Gasteiger partial charge in [-0.3, -0.25) is 0 Å². The van der Waals surface area contributed by atoms with Gasteiger partial charge >= 0.3 is 0 Å². The van der Waals surface area contributed by atoms with Crippen molar-refractivity contribution in [3.05, 3.63) is 29.6 Å². The van der Waals surface area contributed by atoms with Gasteiger partial charge in [0.15, 0.2) is 0 Å². The first-order valence-electron chi connectivity index (χ1n) is 5.92. The van der Waals surface area contributed by atoms with Gasteiger partial charge in [-0.1, -0.05) is 19.1 Å². The Morgan fingerprint density at radius 1 is 1.44 bits per heavy atom. The van der Waals surface area contributed by atoms with Crippen molar-refractivity contribution in [3.8, 4) is 0 Å². The molecule has 88 valence electrons. The summed E-state index contributed by atoms with van der Waals surface area (Å²) >= 11 is 0. The molecule has 0 saturated heterocycles. The molecule has 0 amide bonds. The standard InChI is InChI=1S/C13H18FNO/c1-2-8-15(11-6-7-11)13-10(9-16)4-3-5-12(13)14/h3-5,11,16H,2,6-9H2,1H3. The highest BCUT2D eigenvalue weighted by molar-refractivity contribution is 5.56. The zero-order valence-electron chi connectivity index (χ0n) is 9.62. The van der Waals surface area contributed by atoms with Crippen LogP contribution in [0.2, 0.25) is 0 Å². The van der Waals surface area contributed by atoms with Crippen molar-refractivity contribution in [1.29, 1.82) is 0 Å². The summed E-state index contributed by atoms with van der Waals surface area (Å²) in [4.78, 5) is 2.11. The molecular weight excluding hydrogens is 205 g/mol. The van der Waals surface area contributed by atoms with E-state index in [9.17, 15) is 9.50 Å². The van der Waals surface area contributed by atoms with Crippen molar-refractivity contribution in [2.24, 2.45) is 0 Å². The fourth-order valence-corrected chi connectivity index (χ4v) is 2.11. The van der Waals surface area contributed by atoms with Crippen LogP contribution in [0.4, 0.5) is 10.1 Å². The number of aliphatic hydroxyl groups excluding tert-OH is 1. The van der Waals surface area contributed by atoms with Crippen molar-refractivity contribution in [3.63, 3.8) is 0 Å². The van der Waals surface area contributed by atoms with Crippen molar-refractivity contribution in [1.82, 2.24) is 0 Å². The number of rotatable bonds is 5. The van der Waals surface area contributed by atoms with Crippen LogP contribution in [-0.4, -0.2) is 17.7 Å². The van der Waals surface area contributed by atoms with Crippen LogP contribution in [0.1, 0.15) is 31.7 Å². The van der Waals surface area contributed by atoms with E-state index in [0.29, 0.717) is 17.3 Å². The van der Waals surface area contributed by atoms with Crippen LogP contribution in [0, 0.1) is 5.82 Å². The van der Waals surface area contributed by atoms with Gasteiger partial charge in [-0.2, -0.15) is 0 Å². The number of benzene rings is 1. The molecule has 1 aromatic rings. The number of halogens is 1. The van der Waals surface area contributed by atoms with E-state index in [-0.39, 0.29) is 12.4 Å². The maximum Gasteiger partial charge on any atom is 0.146 e. The number of nitrogens with zero attached hydrogens (tertiary/aromatic N) is 1. The molecule has 0 radical (unpaired) electrons. The second-order valence-electron chi connectivity index (χ2n) is 4.33. The first kappa shape index (κ1) is 11.4. The number of aliphatic hydroxyl groups is 1. The molecule has 0 heterocycles. The monoisotopic (exact) mass is 223 g/mol. The van der Waals surface area contributed by atoms with E-state index >= 15 is 0 Å². The lowest BCUT2D eigenvalue weighted by molar-refractivity contribution is 0.281. The Labute approximate surface area is 95.7 Å². The molecule has 1 aliphatic rings. The lowest BCUT2D eigenvalue weighted by Gasteiger charge is -2.26. The molecule has 1 N–H and O–H groups in total. The zero-order valence-corrected chi connectivity index (χ0v) is 9.62. The van der Waals surface area contributed by atoms with Gasteiger partial charge in [0.1, 0.15) is 5.82 Å². The Morgan fingerprint density at radius 2 is 2.19 bits per heavy atom. The molecule has 16 heavy (non-hydrogen) atoms. The summed E-state index contributed by atoms with van der Waals surface area (Å²) in [5, 5.41) is 9.27. The highest BCUT2D eigenvalue weighted by Gasteiger charge is 2.31. The molecule has 1 aliphatic carbocycles. The van der Waals surface area contributed by atoms with E-state index in [4.69, 9.17) is 0 Å². The van der Waals surface area contributed by atoms with Gasteiger partial charge in [-0.05, 0) is 25.3 Å². The third-order valence-electron chi connectivity index (χ3n) is 2.98. The summed E-state index contributed by atoms with van der Waals surface area (Å²) < 4.78 is 13.8. The fraction of sp³-hybridized carbons (Fsp3) is 0.538. The molecular formula is C13H18FNO.